The molecule has 0 bridgehead atoms. The fourth-order valence-corrected chi connectivity index (χ4v) is 2.84. The van der Waals surface area contributed by atoms with Crippen LogP contribution in [0.4, 0.5) is 11.4 Å². The molecular weight excluding hydrogens is 340 g/mol. The smallest absolute Gasteiger partial charge is 0.259 e. The summed E-state index contributed by atoms with van der Waals surface area (Å²) in [5, 5.41) is 2.89. The van der Waals surface area contributed by atoms with Crippen LogP contribution >= 0.6 is 0 Å². The van der Waals surface area contributed by atoms with Crippen molar-refractivity contribution in [2.24, 2.45) is 0 Å². The largest absolute Gasteiger partial charge is 0.493 e. The van der Waals surface area contributed by atoms with Gasteiger partial charge in [-0.1, -0.05) is 30.3 Å². The Balaban J connectivity index is 1.71. The van der Waals surface area contributed by atoms with Crippen molar-refractivity contribution in [3.63, 3.8) is 0 Å². The van der Waals surface area contributed by atoms with Gasteiger partial charge >= 0.3 is 0 Å². The van der Waals surface area contributed by atoms with Crippen LogP contribution in [0, 0.1) is 0 Å². The molecule has 3 rings (SSSR count). The lowest BCUT2D eigenvalue weighted by Gasteiger charge is -2.13. The number of ether oxygens (including phenoxy) is 2. The van der Waals surface area contributed by atoms with Gasteiger partial charge in [-0.2, -0.15) is 0 Å². The number of rotatable bonds is 6. The SMILES string of the molecule is COc1cccc(C(=O)Nc2ccc(Cc3ccc(N)cc3)cc2)c1OC. The van der Waals surface area contributed by atoms with E-state index in [-0.39, 0.29) is 5.91 Å². The summed E-state index contributed by atoms with van der Waals surface area (Å²) >= 11 is 0. The molecule has 0 unspecified atom stereocenters. The minimum Gasteiger partial charge on any atom is -0.493 e. The molecule has 3 aromatic rings. The van der Waals surface area contributed by atoms with Crippen LogP contribution in [0.3, 0.4) is 0 Å². The molecule has 0 fully saturated rings. The molecule has 0 atom stereocenters. The molecule has 27 heavy (non-hydrogen) atoms. The number of nitrogens with two attached hydrogens (primary N) is 1. The molecule has 138 valence electrons. The highest BCUT2D eigenvalue weighted by Crippen LogP contribution is 2.31. The quantitative estimate of drug-likeness (QED) is 0.647. The Hall–Kier alpha value is -3.47. The topological polar surface area (TPSA) is 73.6 Å². The van der Waals surface area contributed by atoms with Crippen LogP contribution in [-0.4, -0.2) is 20.1 Å². The number of carbonyl (C=O) groups excluding carboxylic acids is 1. The van der Waals surface area contributed by atoms with Gasteiger partial charge in [-0.05, 0) is 53.9 Å². The number of carbonyl (C=O) groups is 1. The molecule has 3 N–H and O–H groups in total. The van der Waals surface area contributed by atoms with Crippen molar-refractivity contribution in [1.82, 2.24) is 0 Å². The zero-order valence-electron chi connectivity index (χ0n) is 15.4. The average molecular weight is 362 g/mol. The van der Waals surface area contributed by atoms with Crippen molar-refractivity contribution < 1.29 is 14.3 Å². The minimum atomic E-state index is -0.253. The van der Waals surface area contributed by atoms with Crippen molar-refractivity contribution in [3.05, 3.63) is 83.4 Å². The highest BCUT2D eigenvalue weighted by molar-refractivity contribution is 6.06. The van der Waals surface area contributed by atoms with Crippen molar-refractivity contribution in [3.8, 4) is 11.5 Å². The van der Waals surface area contributed by atoms with E-state index in [0.717, 1.165) is 17.7 Å². The first-order chi connectivity index (χ1) is 13.1. The molecule has 5 nitrogen and oxygen atoms in total. The van der Waals surface area contributed by atoms with Crippen LogP contribution < -0.4 is 20.5 Å². The second kappa shape index (κ2) is 8.27. The van der Waals surface area contributed by atoms with Crippen molar-refractivity contribution in [2.45, 2.75) is 6.42 Å². The summed E-state index contributed by atoms with van der Waals surface area (Å²) < 4.78 is 10.6. The Morgan fingerprint density at radius 1 is 0.889 bits per heavy atom. The van der Waals surface area contributed by atoms with E-state index in [1.807, 2.05) is 48.5 Å². The first-order valence-electron chi connectivity index (χ1n) is 8.56. The first-order valence-corrected chi connectivity index (χ1v) is 8.56. The number of para-hydroxylation sites is 1. The Morgan fingerprint density at radius 2 is 1.52 bits per heavy atom. The number of hydrogen-bond acceptors (Lipinski definition) is 4. The van der Waals surface area contributed by atoms with Crippen LogP contribution in [-0.2, 0) is 6.42 Å². The van der Waals surface area contributed by atoms with Crippen molar-refractivity contribution in [2.75, 3.05) is 25.3 Å². The third-order valence-electron chi connectivity index (χ3n) is 4.25. The van der Waals surface area contributed by atoms with Gasteiger partial charge in [-0.3, -0.25) is 4.79 Å². The van der Waals surface area contributed by atoms with E-state index in [9.17, 15) is 4.79 Å². The number of amides is 1. The number of benzene rings is 3. The monoisotopic (exact) mass is 362 g/mol. The molecule has 5 heteroatoms. The van der Waals surface area contributed by atoms with E-state index >= 15 is 0 Å². The molecule has 0 saturated carbocycles. The van der Waals surface area contributed by atoms with Crippen molar-refractivity contribution >= 4 is 17.3 Å². The fraction of sp³-hybridized carbons (Fsp3) is 0.136. The highest BCUT2D eigenvalue weighted by Gasteiger charge is 2.16. The van der Waals surface area contributed by atoms with Crippen LogP contribution in [0.5, 0.6) is 11.5 Å². The lowest BCUT2D eigenvalue weighted by atomic mass is 10.0. The maximum atomic E-state index is 12.6. The van der Waals surface area contributed by atoms with Crippen LogP contribution in [0.15, 0.2) is 66.7 Å². The molecule has 3 aromatic carbocycles. The summed E-state index contributed by atoms with van der Waals surface area (Å²) in [4.78, 5) is 12.6. The summed E-state index contributed by atoms with van der Waals surface area (Å²) in [5.41, 5.74) is 9.94. The lowest BCUT2D eigenvalue weighted by Crippen LogP contribution is -2.13. The maximum Gasteiger partial charge on any atom is 0.259 e. The lowest BCUT2D eigenvalue weighted by molar-refractivity contribution is 0.102. The second-order valence-corrected chi connectivity index (χ2v) is 6.11. The summed E-state index contributed by atoms with van der Waals surface area (Å²) in [6.07, 6.45) is 0.804. The van der Waals surface area contributed by atoms with Gasteiger partial charge in [0.05, 0.1) is 19.8 Å². The first kappa shape index (κ1) is 18.3. The number of hydrogen-bond donors (Lipinski definition) is 2. The molecule has 0 aliphatic carbocycles. The predicted molar refractivity (Wildman–Crippen MR) is 108 cm³/mol. The second-order valence-electron chi connectivity index (χ2n) is 6.11. The van der Waals surface area contributed by atoms with Crippen LogP contribution in [0.2, 0.25) is 0 Å². The van der Waals surface area contributed by atoms with Gasteiger partial charge in [0, 0.05) is 11.4 Å². The standard InChI is InChI=1S/C22H22N2O3/c1-26-20-5-3-4-19(21(20)27-2)22(25)24-18-12-8-16(9-13-18)14-15-6-10-17(23)11-7-15/h3-13H,14,23H2,1-2H3,(H,24,25). The fourth-order valence-electron chi connectivity index (χ4n) is 2.84. The number of nitrogens with one attached hydrogen (secondary N) is 1. The Morgan fingerprint density at radius 3 is 2.11 bits per heavy atom. The molecule has 0 aliphatic heterocycles. The summed E-state index contributed by atoms with van der Waals surface area (Å²) in [6, 6.07) is 20.8. The van der Waals surface area contributed by atoms with E-state index < -0.39 is 0 Å². The zero-order valence-corrected chi connectivity index (χ0v) is 15.4. The molecule has 0 radical (unpaired) electrons. The van der Waals surface area contributed by atoms with Crippen LogP contribution in [0.25, 0.3) is 0 Å². The Kier molecular flexibility index (Phi) is 5.61. The van der Waals surface area contributed by atoms with E-state index in [1.54, 1.807) is 25.3 Å². The van der Waals surface area contributed by atoms with Crippen molar-refractivity contribution in [1.29, 1.82) is 0 Å². The normalized spacial score (nSPS) is 10.3. The molecule has 1 amide bonds. The minimum absolute atomic E-state index is 0.253. The third-order valence-corrected chi connectivity index (χ3v) is 4.25. The number of methoxy groups -OCH3 is 2. The van der Waals surface area contributed by atoms with E-state index in [1.165, 1.54) is 12.7 Å². The van der Waals surface area contributed by atoms with Crippen LogP contribution in [0.1, 0.15) is 21.5 Å². The zero-order chi connectivity index (χ0) is 19.2. The summed E-state index contributed by atoms with van der Waals surface area (Å²) in [7, 11) is 3.06. The number of anilines is 2. The van der Waals surface area contributed by atoms with Gasteiger partial charge in [-0.25, -0.2) is 0 Å². The Labute approximate surface area is 158 Å². The summed E-state index contributed by atoms with van der Waals surface area (Å²) in [5.74, 6) is 0.679. The van der Waals surface area contributed by atoms with Gasteiger partial charge < -0.3 is 20.5 Å². The Bertz CT molecular complexity index is 919. The van der Waals surface area contributed by atoms with E-state index in [2.05, 4.69) is 5.32 Å². The molecular formula is C22H22N2O3. The average Bonchev–Trinajstić information content (AvgIpc) is 2.70. The van der Waals surface area contributed by atoms with Gasteiger partial charge in [0.25, 0.3) is 5.91 Å². The third kappa shape index (κ3) is 4.39. The van der Waals surface area contributed by atoms with Gasteiger partial charge in [0.1, 0.15) is 0 Å². The summed E-state index contributed by atoms with van der Waals surface area (Å²) in [6.45, 7) is 0. The molecule has 0 heterocycles. The van der Waals surface area contributed by atoms with E-state index in [4.69, 9.17) is 15.2 Å². The maximum absolute atomic E-state index is 12.6. The predicted octanol–water partition coefficient (Wildman–Crippen LogP) is 4.13. The highest BCUT2D eigenvalue weighted by atomic mass is 16.5. The molecule has 0 aliphatic rings. The molecule has 0 aromatic heterocycles. The van der Waals surface area contributed by atoms with Gasteiger partial charge in [0.15, 0.2) is 11.5 Å². The van der Waals surface area contributed by atoms with E-state index in [0.29, 0.717) is 22.7 Å². The molecule has 0 saturated heterocycles. The number of nitrogen functional groups attached to an aromatic ring is 1. The van der Waals surface area contributed by atoms with Gasteiger partial charge in [-0.15, -0.1) is 0 Å². The molecule has 0 spiro atoms. The van der Waals surface area contributed by atoms with Gasteiger partial charge in [0.2, 0.25) is 0 Å².